The van der Waals surface area contributed by atoms with Crippen LogP contribution in [0.3, 0.4) is 0 Å². The minimum Gasteiger partial charge on any atom is -0.497 e. The first-order valence-electron chi connectivity index (χ1n) is 7.11. The molecule has 0 atom stereocenters. The highest BCUT2D eigenvalue weighted by atomic mass is 32.2. The van der Waals surface area contributed by atoms with Crippen LogP contribution in [0, 0.1) is 0 Å². The number of benzene rings is 2. The number of carboxylic acids is 1. The molecular weight excluding hydrogens is 326 g/mol. The van der Waals surface area contributed by atoms with E-state index in [2.05, 4.69) is 5.43 Å². The number of thioether (sulfide) groups is 1. The van der Waals surface area contributed by atoms with E-state index in [-0.39, 0.29) is 10.7 Å². The van der Waals surface area contributed by atoms with Crippen LogP contribution in [0.15, 0.2) is 59.3 Å². The van der Waals surface area contributed by atoms with Gasteiger partial charge in [0.15, 0.2) is 0 Å². The first-order chi connectivity index (χ1) is 11.5. The van der Waals surface area contributed by atoms with E-state index in [0.717, 1.165) is 22.4 Å². The third-order valence-corrected chi connectivity index (χ3v) is 4.47. The van der Waals surface area contributed by atoms with Gasteiger partial charge in [-0.05, 0) is 28.8 Å². The fraction of sp³-hybridized carbons (Fsp3) is 0.118. The Kier molecular flexibility index (Phi) is 6.11. The molecule has 24 heavy (non-hydrogen) atoms. The topological polar surface area (TPSA) is 111 Å². The molecule has 0 aromatic heterocycles. The lowest BCUT2D eigenvalue weighted by molar-refractivity contribution is -0.132. The number of carboxylic acid groups (broad SMARTS) is 1. The Balaban J connectivity index is 2.06. The molecule has 0 saturated carbocycles. The summed E-state index contributed by atoms with van der Waals surface area (Å²) in [6, 6.07) is 15.8. The second-order valence-electron chi connectivity index (χ2n) is 4.91. The predicted molar refractivity (Wildman–Crippen MR) is 95.9 cm³/mol. The molecule has 2 aromatic carbocycles. The summed E-state index contributed by atoms with van der Waals surface area (Å²) >= 11 is 1.24. The van der Waals surface area contributed by atoms with Crippen molar-refractivity contribution in [3.8, 4) is 16.9 Å². The summed E-state index contributed by atoms with van der Waals surface area (Å²) in [5.41, 5.74) is 10.7. The van der Waals surface area contributed by atoms with E-state index in [9.17, 15) is 4.79 Å². The number of hydrogen-bond acceptors (Lipinski definition) is 6. The third-order valence-electron chi connectivity index (χ3n) is 3.37. The zero-order valence-electron chi connectivity index (χ0n) is 13.2. The van der Waals surface area contributed by atoms with Gasteiger partial charge in [0.25, 0.3) is 0 Å². The maximum atomic E-state index is 10.9. The van der Waals surface area contributed by atoms with E-state index in [1.807, 2.05) is 48.5 Å². The molecule has 0 radical (unpaired) electrons. The fourth-order valence-electron chi connectivity index (χ4n) is 2.03. The number of methoxy groups -OCH3 is 1. The summed E-state index contributed by atoms with van der Waals surface area (Å²) in [6.45, 7) is 0. The molecule has 0 saturated heterocycles. The van der Waals surface area contributed by atoms with Gasteiger partial charge in [-0.15, -0.1) is 11.8 Å². The number of hydrogen-bond donors (Lipinski definition) is 4. The summed E-state index contributed by atoms with van der Waals surface area (Å²) in [4.78, 5) is 10.9. The van der Waals surface area contributed by atoms with E-state index in [1.54, 1.807) is 7.11 Å². The van der Waals surface area contributed by atoms with Gasteiger partial charge in [0.1, 0.15) is 16.5 Å². The molecule has 0 fully saturated rings. The standard InChI is InChI=1S/C17H19N3O3S/c1-23-14-8-6-13(7-9-14)12-4-2-11(3-5-12)10-24-16(20-19)15(18)17(21)22/h2-9,20H,10,18-19H2,1H3,(H,21,22)/b16-15+. The van der Waals surface area contributed by atoms with Crippen molar-refractivity contribution >= 4 is 17.7 Å². The molecular formula is C17H19N3O3S. The molecule has 0 aliphatic rings. The molecule has 2 aromatic rings. The first-order valence-corrected chi connectivity index (χ1v) is 8.09. The number of hydrazine groups is 1. The van der Waals surface area contributed by atoms with Crippen molar-refractivity contribution in [2.45, 2.75) is 5.75 Å². The molecule has 6 N–H and O–H groups in total. The smallest absolute Gasteiger partial charge is 0.354 e. The van der Waals surface area contributed by atoms with Crippen molar-refractivity contribution in [2.24, 2.45) is 11.6 Å². The van der Waals surface area contributed by atoms with Crippen LogP contribution in [0.5, 0.6) is 5.75 Å². The van der Waals surface area contributed by atoms with Crippen LogP contribution in [0.1, 0.15) is 5.56 Å². The SMILES string of the molecule is COc1ccc(-c2ccc(CS/C(NN)=C(/N)C(=O)O)cc2)cc1. The molecule has 0 aliphatic carbocycles. The van der Waals surface area contributed by atoms with Gasteiger partial charge in [0, 0.05) is 5.75 Å². The molecule has 7 heteroatoms. The number of carbonyl (C=O) groups is 1. The third kappa shape index (κ3) is 4.43. The fourth-order valence-corrected chi connectivity index (χ4v) is 2.86. The van der Waals surface area contributed by atoms with E-state index in [1.165, 1.54) is 11.8 Å². The van der Waals surface area contributed by atoms with Crippen molar-refractivity contribution in [3.05, 3.63) is 64.8 Å². The zero-order chi connectivity index (χ0) is 17.5. The van der Waals surface area contributed by atoms with Crippen LogP contribution in [0.4, 0.5) is 0 Å². The Bertz CT molecular complexity index is 728. The van der Waals surface area contributed by atoms with Gasteiger partial charge < -0.3 is 21.0 Å². The number of nitrogens with two attached hydrogens (primary N) is 2. The molecule has 0 bridgehead atoms. The van der Waals surface area contributed by atoms with Crippen molar-refractivity contribution in [1.82, 2.24) is 5.43 Å². The molecule has 0 heterocycles. The summed E-state index contributed by atoms with van der Waals surface area (Å²) in [6.07, 6.45) is 0. The second-order valence-corrected chi connectivity index (χ2v) is 5.89. The summed E-state index contributed by atoms with van der Waals surface area (Å²) in [5.74, 6) is 5.48. The Hall–Kier alpha value is -2.64. The summed E-state index contributed by atoms with van der Waals surface area (Å²) in [5, 5.41) is 9.12. The van der Waals surface area contributed by atoms with E-state index < -0.39 is 5.97 Å². The van der Waals surface area contributed by atoms with E-state index in [4.69, 9.17) is 21.4 Å². The van der Waals surface area contributed by atoms with Gasteiger partial charge in [-0.3, -0.25) is 0 Å². The molecule has 126 valence electrons. The van der Waals surface area contributed by atoms with Gasteiger partial charge in [-0.1, -0.05) is 36.4 Å². The summed E-state index contributed by atoms with van der Waals surface area (Å²) in [7, 11) is 1.64. The van der Waals surface area contributed by atoms with Gasteiger partial charge in [0.2, 0.25) is 0 Å². The molecule has 2 rings (SSSR count). The largest absolute Gasteiger partial charge is 0.497 e. The lowest BCUT2D eigenvalue weighted by Crippen LogP contribution is -2.26. The quantitative estimate of drug-likeness (QED) is 0.346. The van der Waals surface area contributed by atoms with Crippen LogP contribution >= 0.6 is 11.8 Å². The van der Waals surface area contributed by atoms with Crippen molar-refractivity contribution in [1.29, 1.82) is 0 Å². The highest BCUT2D eigenvalue weighted by molar-refractivity contribution is 8.02. The number of aliphatic carboxylic acids is 1. The van der Waals surface area contributed by atoms with E-state index in [0.29, 0.717) is 5.75 Å². The Morgan fingerprint density at radius 1 is 1.12 bits per heavy atom. The van der Waals surface area contributed by atoms with Crippen molar-refractivity contribution in [2.75, 3.05) is 7.11 Å². The zero-order valence-corrected chi connectivity index (χ0v) is 14.0. The normalized spacial score (nSPS) is 11.6. The second kappa shape index (κ2) is 8.28. The maximum absolute atomic E-state index is 10.9. The number of rotatable bonds is 7. The minimum absolute atomic E-state index is 0.238. The van der Waals surface area contributed by atoms with Crippen molar-refractivity contribution < 1.29 is 14.6 Å². The van der Waals surface area contributed by atoms with Crippen molar-refractivity contribution in [3.63, 3.8) is 0 Å². The molecule has 0 amide bonds. The van der Waals surface area contributed by atoms with Gasteiger partial charge in [-0.2, -0.15) is 0 Å². The Morgan fingerprint density at radius 2 is 1.67 bits per heavy atom. The van der Waals surface area contributed by atoms with Crippen LogP contribution in [0.2, 0.25) is 0 Å². The molecule has 6 nitrogen and oxygen atoms in total. The van der Waals surface area contributed by atoms with Crippen LogP contribution in [0.25, 0.3) is 11.1 Å². The lowest BCUT2D eigenvalue weighted by Gasteiger charge is -2.09. The first kappa shape index (κ1) is 17.7. The van der Waals surface area contributed by atoms with Gasteiger partial charge in [-0.25, -0.2) is 10.6 Å². The Morgan fingerprint density at radius 3 is 2.12 bits per heavy atom. The molecule has 0 unspecified atom stereocenters. The van der Waals surface area contributed by atoms with E-state index >= 15 is 0 Å². The average molecular weight is 345 g/mol. The Labute approximate surface area is 144 Å². The molecule has 0 spiro atoms. The maximum Gasteiger partial charge on any atom is 0.354 e. The minimum atomic E-state index is -1.20. The van der Waals surface area contributed by atoms with Crippen LogP contribution in [-0.4, -0.2) is 18.2 Å². The highest BCUT2D eigenvalue weighted by Crippen LogP contribution is 2.25. The highest BCUT2D eigenvalue weighted by Gasteiger charge is 2.10. The lowest BCUT2D eigenvalue weighted by atomic mass is 10.0. The monoisotopic (exact) mass is 345 g/mol. The average Bonchev–Trinajstić information content (AvgIpc) is 2.62. The van der Waals surface area contributed by atoms with Gasteiger partial charge >= 0.3 is 5.97 Å². The summed E-state index contributed by atoms with van der Waals surface area (Å²) < 4.78 is 5.15. The van der Waals surface area contributed by atoms with Crippen LogP contribution < -0.4 is 21.7 Å². The number of nitrogens with one attached hydrogen (secondary N) is 1. The molecule has 0 aliphatic heterocycles. The van der Waals surface area contributed by atoms with Gasteiger partial charge in [0.05, 0.1) is 7.11 Å². The van der Waals surface area contributed by atoms with Crippen LogP contribution in [-0.2, 0) is 10.5 Å². The number of ether oxygens (including phenoxy) is 1. The predicted octanol–water partition coefficient (Wildman–Crippen LogP) is 2.27.